The minimum absolute atomic E-state index is 0.0102. The van der Waals surface area contributed by atoms with Crippen LogP contribution in [0.25, 0.3) is 0 Å². The molecule has 1 aromatic rings. The van der Waals surface area contributed by atoms with Crippen LogP contribution in [0, 0.1) is 0 Å². The SMILES string of the molecule is CCNC(=NCC1(C)CCCS1)NCCS(=O)(=O)NCc1ccccc1. The van der Waals surface area contributed by atoms with Gasteiger partial charge in [0.05, 0.1) is 12.3 Å². The molecule has 1 aromatic carbocycles. The Hall–Kier alpha value is -1.25. The third-order valence-electron chi connectivity index (χ3n) is 4.22. The predicted octanol–water partition coefficient (Wildman–Crippen LogP) is 1.95. The van der Waals surface area contributed by atoms with Gasteiger partial charge in [-0.25, -0.2) is 13.1 Å². The molecule has 1 aliphatic heterocycles. The van der Waals surface area contributed by atoms with Crippen molar-refractivity contribution in [3.63, 3.8) is 0 Å². The van der Waals surface area contributed by atoms with E-state index in [4.69, 9.17) is 0 Å². The molecule has 0 amide bonds. The maximum Gasteiger partial charge on any atom is 0.213 e. The number of guanidine groups is 1. The Labute approximate surface area is 161 Å². The van der Waals surface area contributed by atoms with Gasteiger partial charge >= 0.3 is 0 Å². The molecule has 0 bridgehead atoms. The lowest BCUT2D eigenvalue weighted by atomic mass is 10.1. The number of thioether (sulfide) groups is 1. The second-order valence-corrected chi connectivity index (χ2v) is 10.3. The topological polar surface area (TPSA) is 82.6 Å². The summed E-state index contributed by atoms with van der Waals surface area (Å²) in [5.41, 5.74) is 0.946. The molecule has 3 N–H and O–H groups in total. The van der Waals surface area contributed by atoms with Gasteiger partial charge in [-0.15, -0.1) is 0 Å². The van der Waals surface area contributed by atoms with E-state index >= 15 is 0 Å². The van der Waals surface area contributed by atoms with Crippen molar-refractivity contribution in [1.29, 1.82) is 0 Å². The number of nitrogens with zero attached hydrogens (tertiary/aromatic N) is 1. The van der Waals surface area contributed by atoms with E-state index in [0.29, 0.717) is 19.0 Å². The van der Waals surface area contributed by atoms with Crippen molar-refractivity contribution in [3.8, 4) is 0 Å². The van der Waals surface area contributed by atoms with Gasteiger partial charge in [0.2, 0.25) is 10.0 Å². The highest BCUT2D eigenvalue weighted by Crippen LogP contribution is 2.37. The zero-order chi connectivity index (χ0) is 18.9. The van der Waals surface area contributed by atoms with Gasteiger partial charge in [0.25, 0.3) is 0 Å². The average molecular weight is 399 g/mol. The van der Waals surface area contributed by atoms with Gasteiger partial charge in [0.1, 0.15) is 0 Å². The zero-order valence-corrected chi connectivity index (χ0v) is 17.3. The molecule has 0 aromatic heterocycles. The van der Waals surface area contributed by atoms with Crippen LogP contribution in [-0.2, 0) is 16.6 Å². The van der Waals surface area contributed by atoms with Crippen LogP contribution in [0.3, 0.4) is 0 Å². The maximum absolute atomic E-state index is 12.1. The van der Waals surface area contributed by atoms with Gasteiger partial charge in [-0.2, -0.15) is 11.8 Å². The molecule has 0 radical (unpaired) electrons. The highest BCUT2D eigenvalue weighted by atomic mass is 32.2. The Bertz CT molecular complexity index is 672. The van der Waals surface area contributed by atoms with Crippen molar-refractivity contribution in [2.75, 3.05) is 31.1 Å². The number of nitrogens with one attached hydrogen (secondary N) is 3. The molecule has 0 saturated carbocycles. The minimum Gasteiger partial charge on any atom is -0.357 e. The van der Waals surface area contributed by atoms with Crippen LogP contribution in [0.1, 0.15) is 32.3 Å². The molecule has 8 heteroatoms. The molecule has 2 rings (SSSR count). The predicted molar refractivity (Wildman–Crippen MR) is 111 cm³/mol. The number of hydrogen-bond acceptors (Lipinski definition) is 4. The summed E-state index contributed by atoms with van der Waals surface area (Å²) in [5, 5.41) is 6.31. The van der Waals surface area contributed by atoms with Crippen LogP contribution in [0.4, 0.5) is 0 Å². The standard InChI is InChI=1S/C18H30N4O2S2/c1-3-19-17(21-15-18(2)10-7-12-25-18)20-11-13-26(23,24)22-14-16-8-5-4-6-9-16/h4-6,8-9,22H,3,7,10-15H2,1-2H3,(H2,19,20,21). The lowest BCUT2D eigenvalue weighted by Crippen LogP contribution is -2.41. The summed E-state index contributed by atoms with van der Waals surface area (Å²) in [5.74, 6) is 1.89. The number of hydrogen-bond donors (Lipinski definition) is 3. The quantitative estimate of drug-likeness (QED) is 0.437. The second kappa shape index (κ2) is 10.2. The fourth-order valence-corrected chi connectivity index (χ4v) is 4.84. The largest absolute Gasteiger partial charge is 0.357 e. The molecular weight excluding hydrogens is 368 g/mol. The number of sulfonamides is 1. The van der Waals surface area contributed by atoms with E-state index in [9.17, 15) is 8.42 Å². The van der Waals surface area contributed by atoms with Crippen LogP contribution < -0.4 is 15.4 Å². The van der Waals surface area contributed by atoms with Crippen LogP contribution >= 0.6 is 11.8 Å². The summed E-state index contributed by atoms with van der Waals surface area (Å²) < 4.78 is 27.1. The fourth-order valence-electron chi connectivity index (χ4n) is 2.71. The van der Waals surface area contributed by atoms with E-state index < -0.39 is 10.0 Å². The molecule has 0 spiro atoms. The first-order valence-electron chi connectivity index (χ1n) is 9.10. The summed E-state index contributed by atoms with van der Waals surface area (Å²) >= 11 is 1.97. The summed E-state index contributed by atoms with van der Waals surface area (Å²) in [7, 11) is -3.33. The van der Waals surface area contributed by atoms with Crippen molar-refractivity contribution in [2.24, 2.45) is 4.99 Å². The monoisotopic (exact) mass is 398 g/mol. The number of benzene rings is 1. The van der Waals surface area contributed by atoms with Crippen molar-refractivity contribution in [1.82, 2.24) is 15.4 Å². The Morgan fingerprint density at radius 3 is 2.69 bits per heavy atom. The number of aliphatic imine (C=N–C) groups is 1. The van der Waals surface area contributed by atoms with Crippen LogP contribution in [0.2, 0.25) is 0 Å². The van der Waals surface area contributed by atoms with E-state index in [1.54, 1.807) is 0 Å². The molecule has 1 heterocycles. The van der Waals surface area contributed by atoms with Crippen molar-refractivity contribution < 1.29 is 8.42 Å². The first kappa shape index (κ1) is 21.1. The van der Waals surface area contributed by atoms with E-state index in [1.807, 2.05) is 49.0 Å². The smallest absolute Gasteiger partial charge is 0.213 e. The lowest BCUT2D eigenvalue weighted by Gasteiger charge is -2.21. The van der Waals surface area contributed by atoms with Crippen molar-refractivity contribution >= 4 is 27.7 Å². The zero-order valence-electron chi connectivity index (χ0n) is 15.6. The van der Waals surface area contributed by atoms with Crippen LogP contribution in [0.5, 0.6) is 0 Å². The molecule has 1 saturated heterocycles. The third-order valence-corrected chi connectivity index (χ3v) is 7.07. The highest BCUT2D eigenvalue weighted by molar-refractivity contribution is 8.00. The first-order chi connectivity index (χ1) is 12.4. The van der Waals surface area contributed by atoms with Gasteiger partial charge in [-0.05, 0) is 38.0 Å². The van der Waals surface area contributed by atoms with Gasteiger partial charge in [-0.3, -0.25) is 4.99 Å². The molecule has 1 unspecified atom stereocenters. The van der Waals surface area contributed by atoms with E-state index in [2.05, 4.69) is 27.3 Å². The van der Waals surface area contributed by atoms with Crippen LogP contribution in [0.15, 0.2) is 35.3 Å². The molecule has 1 aliphatic rings. The molecule has 146 valence electrons. The molecule has 6 nitrogen and oxygen atoms in total. The van der Waals surface area contributed by atoms with Crippen molar-refractivity contribution in [3.05, 3.63) is 35.9 Å². The molecule has 1 fully saturated rings. The normalized spacial score (nSPS) is 20.9. The molecule has 26 heavy (non-hydrogen) atoms. The fraction of sp³-hybridized carbons (Fsp3) is 0.611. The van der Waals surface area contributed by atoms with Gasteiger partial charge < -0.3 is 10.6 Å². The first-order valence-corrected chi connectivity index (χ1v) is 11.7. The summed E-state index contributed by atoms with van der Waals surface area (Å²) in [6, 6.07) is 9.51. The summed E-state index contributed by atoms with van der Waals surface area (Å²) in [6.07, 6.45) is 2.42. The van der Waals surface area contributed by atoms with E-state index in [-0.39, 0.29) is 10.5 Å². The van der Waals surface area contributed by atoms with E-state index in [0.717, 1.165) is 18.7 Å². The van der Waals surface area contributed by atoms with Gasteiger partial charge in [0.15, 0.2) is 5.96 Å². The average Bonchev–Trinajstić information content (AvgIpc) is 3.06. The Morgan fingerprint density at radius 1 is 1.27 bits per heavy atom. The maximum atomic E-state index is 12.1. The highest BCUT2D eigenvalue weighted by Gasteiger charge is 2.29. The van der Waals surface area contributed by atoms with E-state index in [1.165, 1.54) is 18.6 Å². The number of rotatable bonds is 9. The Balaban J connectivity index is 1.78. The molecule has 1 atom stereocenters. The summed E-state index contributed by atoms with van der Waals surface area (Å²) in [6.45, 7) is 6.37. The van der Waals surface area contributed by atoms with Crippen LogP contribution in [-0.4, -0.2) is 50.3 Å². The third kappa shape index (κ3) is 7.55. The lowest BCUT2D eigenvalue weighted by molar-refractivity contribution is 0.579. The van der Waals surface area contributed by atoms with Gasteiger partial charge in [0, 0.05) is 24.4 Å². The van der Waals surface area contributed by atoms with Crippen molar-refractivity contribution in [2.45, 2.75) is 38.0 Å². The second-order valence-electron chi connectivity index (χ2n) is 6.65. The Kier molecular flexibility index (Phi) is 8.24. The van der Waals surface area contributed by atoms with Gasteiger partial charge in [-0.1, -0.05) is 30.3 Å². The Morgan fingerprint density at radius 2 is 2.04 bits per heavy atom. The molecule has 0 aliphatic carbocycles. The molecular formula is C18H30N4O2S2. The summed E-state index contributed by atoms with van der Waals surface area (Å²) in [4.78, 5) is 4.64. The minimum atomic E-state index is -3.33.